The van der Waals surface area contributed by atoms with Gasteiger partial charge in [-0.05, 0) is 53.6 Å². The van der Waals surface area contributed by atoms with Crippen molar-refractivity contribution in [2.24, 2.45) is 0 Å². The molecule has 30 heavy (non-hydrogen) atoms. The molecular formula is C25H34N2O3. The summed E-state index contributed by atoms with van der Waals surface area (Å²) in [6.45, 7) is 10.7. The second kappa shape index (κ2) is 10.5. The maximum Gasteiger partial charge on any atom is 0.257 e. The van der Waals surface area contributed by atoms with Gasteiger partial charge in [0.1, 0.15) is 5.75 Å². The molecule has 1 N–H and O–H groups in total. The van der Waals surface area contributed by atoms with E-state index in [0.717, 1.165) is 44.9 Å². The van der Waals surface area contributed by atoms with Gasteiger partial charge in [0.2, 0.25) is 0 Å². The molecule has 0 aliphatic carbocycles. The standard InChI is InChI=1S/C25H34N2O3/c1-25(2,3)21-8-12-23(13-9-21)30-19-24(28)26-14-4-5-20-6-10-22(11-7-20)27-15-17-29-18-16-27/h6-13H,4-5,14-19H2,1-3H3,(H,26,28). The predicted molar refractivity (Wildman–Crippen MR) is 121 cm³/mol. The van der Waals surface area contributed by atoms with E-state index in [4.69, 9.17) is 9.47 Å². The summed E-state index contributed by atoms with van der Waals surface area (Å²) >= 11 is 0. The van der Waals surface area contributed by atoms with Crippen molar-refractivity contribution >= 4 is 11.6 Å². The first-order valence-corrected chi connectivity index (χ1v) is 10.8. The molecule has 0 aromatic heterocycles. The van der Waals surface area contributed by atoms with Gasteiger partial charge in [0.15, 0.2) is 6.61 Å². The van der Waals surface area contributed by atoms with Crippen LogP contribution in [0.15, 0.2) is 48.5 Å². The van der Waals surface area contributed by atoms with Gasteiger partial charge in [0, 0.05) is 25.3 Å². The number of amides is 1. The Bertz CT molecular complexity index is 789. The Balaban J connectivity index is 1.32. The van der Waals surface area contributed by atoms with Crippen LogP contribution in [0.2, 0.25) is 0 Å². The van der Waals surface area contributed by atoms with Crippen molar-refractivity contribution in [3.05, 3.63) is 59.7 Å². The van der Waals surface area contributed by atoms with Gasteiger partial charge in [0.05, 0.1) is 13.2 Å². The Morgan fingerprint density at radius 2 is 1.70 bits per heavy atom. The molecule has 0 spiro atoms. The van der Waals surface area contributed by atoms with E-state index in [-0.39, 0.29) is 17.9 Å². The van der Waals surface area contributed by atoms with Crippen LogP contribution in [0, 0.1) is 0 Å². The summed E-state index contributed by atoms with van der Waals surface area (Å²) in [7, 11) is 0. The van der Waals surface area contributed by atoms with Crippen molar-refractivity contribution in [3.63, 3.8) is 0 Å². The van der Waals surface area contributed by atoms with Gasteiger partial charge in [-0.3, -0.25) is 4.79 Å². The summed E-state index contributed by atoms with van der Waals surface area (Å²) in [4.78, 5) is 14.4. The Morgan fingerprint density at radius 3 is 2.33 bits per heavy atom. The smallest absolute Gasteiger partial charge is 0.257 e. The van der Waals surface area contributed by atoms with Gasteiger partial charge in [-0.1, -0.05) is 45.0 Å². The molecular weight excluding hydrogens is 376 g/mol. The number of hydrogen-bond donors (Lipinski definition) is 1. The average molecular weight is 411 g/mol. The summed E-state index contributed by atoms with van der Waals surface area (Å²) < 4.78 is 11.0. The first-order chi connectivity index (χ1) is 14.4. The molecule has 1 aliphatic rings. The van der Waals surface area contributed by atoms with Crippen molar-refractivity contribution in [1.29, 1.82) is 0 Å². The van der Waals surface area contributed by atoms with Crippen LogP contribution >= 0.6 is 0 Å². The lowest BCUT2D eigenvalue weighted by atomic mass is 9.87. The summed E-state index contributed by atoms with van der Waals surface area (Å²) in [6, 6.07) is 16.7. The van der Waals surface area contributed by atoms with Crippen molar-refractivity contribution in [3.8, 4) is 5.75 Å². The number of carbonyl (C=O) groups is 1. The van der Waals surface area contributed by atoms with Crippen LogP contribution in [0.1, 0.15) is 38.3 Å². The monoisotopic (exact) mass is 410 g/mol. The molecule has 5 nitrogen and oxygen atoms in total. The van der Waals surface area contributed by atoms with Crippen molar-refractivity contribution in [2.75, 3.05) is 44.4 Å². The highest BCUT2D eigenvalue weighted by Gasteiger charge is 2.13. The average Bonchev–Trinajstić information content (AvgIpc) is 2.76. The first kappa shape index (κ1) is 22.2. The Morgan fingerprint density at radius 1 is 1.03 bits per heavy atom. The number of morpholine rings is 1. The molecule has 3 rings (SSSR count). The summed E-state index contributed by atoms with van der Waals surface area (Å²) in [5.41, 5.74) is 3.90. The molecule has 0 saturated carbocycles. The number of carbonyl (C=O) groups excluding carboxylic acids is 1. The van der Waals surface area contributed by atoms with Gasteiger partial charge >= 0.3 is 0 Å². The fraction of sp³-hybridized carbons (Fsp3) is 0.480. The second-order valence-corrected chi connectivity index (χ2v) is 8.78. The molecule has 2 aromatic rings. The minimum Gasteiger partial charge on any atom is -0.484 e. The Kier molecular flexibility index (Phi) is 7.75. The molecule has 1 fully saturated rings. The SMILES string of the molecule is CC(C)(C)c1ccc(OCC(=O)NCCCc2ccc(N3CCOCC3)cc2)cc1. The molecule has 162 valence electrons. The molecule has 1 saturated heterocycles. The maximum absolute atomic E-state index is 12.0. The lowest BCUT2D eigenvalue weighted by Crippen LogP contribution is -2.36. The first-order valence-electron chi connectivity index (χ1n) is 10.8. The molecule has 2 aromatic carbocycles. The number of anilines is 1. The zero-order valence-corrected chi connectivity index (χ0v) is 18.4. The zero-order chi connectivity index (χ0) is 21.4. The fourth-order valence-corrected chi connectivity index (χ4v) is 3.47. The number of nitrogens with one attached hydrogen (secondary N) is 1. The van der Waals surface area contributed by atoms with Crippen molar-refractivity contribution in [2.45, 2.75) is 39.0 Å². The van der Waals surface area contributed by atoms with Gasteiger partial charge in [-0.15, -0.1) is 0 Å². The van der Waals surface area contributed by atoms with Gasteiger partial charge in [0.25, 0.3) is 5.91 Å². The van der Waals surface area contributed by atoms with Crippen LogP contribution in [-0.4, -0.2) is 45.4 Å². The van der Waals surface area contributed by atoms with Crippen LogP contribution in [0.5, 0.6) is 5.75 Å². The van der Waals surface area contributed by atoms with E-state index in [1.165, 1.54) is 16.8 Å². The zero-order valence-electron chi connectivity index (χ0n) is 18.4. The number of ether oxygens (including phenoxy) is 2. The van der Waals surface area contributed by atoms with E-state index in [9.17, 15) is 4.79 Å². The van der Waals surface area contributed by atoms with Crippen LogP contribution in [0.4, 0.5) is 5.69 Å². The molecule has 0 bridgehead atoms. The highest BCUT2D eigenvalue weighted by atomic mass is 16.5. The largest absolute Gasteiger partial charge is 0.484 e. The van der Waals surface area contributed by atoms with E-state index in [1.54, 1.807) is 0 Å². The van der Waals surface area contributed by atoms with Crippen LogP contribution in [0.3, 0.4) is 0 Å². The van der Waals surface area contributed by atoms with Crippen molar-refractivity contribution in [1.82, 2.24) is 5.32 Å². The molecule has 1 amide bonds. The number of hydrogen-bond acceptors (Lipinski definition) is 4. The predicted octanol–water partition coefficient (Wildman–Crippen LogP) is 3.95. The van der Waals surface area contributed by atoms with E-state index < -0.39 is 0 Å². The topological polar surface area (TPSA) is 50.8 Å². The van der Waals surface area contributed by atoms with Gasteiger partial charge in [-0.25, -0.2) is 0 Å². The van der Waals surface area contributed by atoms with Gasteiger partial charge in [-0.2, -0.15) is 0 Å². The highest BCUT2D eigenvalue weighted by Crippen LogP contribution is 2.24. The minimum absolute atomic E-state index is 0.0448. The normalized spacial score (nSPS) is 14.4. The van der Waals surface area contributed by atoms with E-state index in [0.29, 0.717) is 6.54 Å². The van der Waals surface area contributed by atoms with Crippen LogP contribution in [-0.2, 0) is 21.4 Å². The van der Waals surface area contributed by atoms with Gasteiger partial charge < -0.3 is 19.7 Å². The third kappa shape index (κ3) is 6.77. The highest BCUT2D eigenvalue weighted by molar-refractivity contribution is 5.77. The van der Waals surface area contributed by atoms with E-state index >= 15 is 0 Å². The third-order valence-corrected chi connectivity index (χ3v) is 5.37. The van der Waals surface area contributed by atoms with Crippen molar-refractivity contribution < 1.29 is 14.3 Å². The van der Waals surface area contributed by atoms with E-state index in [1.807, 2.05) is 12.1 Å². The lowest BCUT2D eigenvalue weighted by Gasteiger charge is -2.28. The number of nitrogens with zero attached hydrogens (tertiary/aromatic N) is 1. The molecule has 0 radical (unpaired) electrons. The number of benzene rings is 2. The second-order valence-electron chi connectivity index (χ2n) is 8.78. The minimum atomic E-state index is -0.0856. The number of rotatable bonds is 8. The lowest BCUT2D eigenvalue weighted by molar-refractivity contribution is -0.123. The number of aryl methyl sites for hydroxylation is 1. The quantitative estimate of drug-likeness (QED) is 0.670. The fourth-order valence-electron chi connectivity index (χ4n) is 3.47. The van der Waals surface area contributed by atoms with E-state index in [2.05, 4.69) is 67.4 Å². The molecule has 0 atom stereocenters. The maximum atomic E-state index is 12.0. The van der Waals surface area contributed by atoms with Crippen LogP contribution in [0.25, 0.3) is 0 Å². The van der Waals surface area contributed by atoms with Crippen LogP contribution < -0.4 is 15.0 Å². The Hall–Kier alpha value is -2.53. The molecule has 1 heterocycles. The molecule has 1 aliphatic heterocycles. The third-order valence-electron chi connectivity index (χ3n) is 5.37. The summed E-state index contributed by atoms with van der Waals surface area (Å²) in [6.07, 6.45) is 1.85. The molecule has 0 unspecified atom stereocenters. The Labute approximate surface area is 180 Å². The molecule has 5 heteroatoms. The summed E-state index contributed by atoms with van der Waals surface area (Å²) in [5, 5.41) is 2.94. The summed E-state index contributed by atoms with van der Waals surface area (Å²) in [5.74, 6) is 0.635.